The predicted octanol–water partition coefficient (Wildman–Crippen LogP) is 20.9. The van der Waals surface area contributed by atoms with Crippen molar-refractivity contribution in [1.82, 2.24) is 4.57 Å². The van der Waals surface area contributed by atoms with Crippen LogP contribution in [-0.2, 0) is 10.8 Å². The van der Waals surface area contributed by atoms with Gasteiger partial charge in [-0.2, -0.15) is 0 Å². The molecule has 0 atom stereocenters. The molecular formula is C110H87BN2OSi2. The second-order valence-corrected chi connectivity index (χ2v) is 41.1. The lowest BCUT2D eigenvalue weighted by molar-refractivity contribution is 0.488. The first-order chi connectivity index (χ1) is 56.8. The molecule has 0 saturated heterocycles. The Morgan fingerprint density at radius 1 is 0.250 bits per heavy atom. The standard InChI is InChI=1S/C110H87BN2OSi2/c1-109(2,3)85-58-61-97-98-62-59-86(110(4,5)6)73-103(98)112(102(97)72-85)87-60-64-99-104(74-87)113(101-56-32-31-55-96(101)79-41-21-10-22-42-79)105-69-84(71-107-108(105)111(99)100-63-57-82(70-106(100)114-107)78-39-19-9-20-40-78)83-67-94(115(88-45-23-11-24-46-88,89-47-25-12-26-48-89)92-53-33-43-80(65-92)76-35-15-7-16-36-76)75-95(68-83)116(90-49-27-13-28-50-90,91-51-29-14-30-52-91)93-54-34-44-81(66-93)77-37-17-8-18-38-77/h7-75H,1-6H3. The van der Waals surface area contributed by atoms with Crippen molar-refractivity contribution < 1.29 is 4.74 Å². The van der Waals surface area contributed by atoms with E-state index in [1.807, 2.05) is 0 Å². The van der Waals surface area contributed by atoms with E-state index >= 15 is 0 Å². The Morgan fingerprint density at radius 2 is 0.629 bits per heavy atom. The predicted molar refractivity (Wildman–Crippen MR) is 498 cm³/mol. The zero-order chi connectivity index (χ0) is 78.3. The van der Waals surface area contributed by atoms with E-state index in [2.05, 4.69) is 470 Å². The first-order valence-electron chi connectivity index (χ1n) is 40.7. The highest BCUT2D eigenvalue weighted by atomic mass is 28.3. The van der Waals surface area contributed by atoms with Gasteiger partial charge in [-0.25, -0.2) is 0 Å². The van der Waals surface area contributed by atoms with E-state index < -0.39 is 16.1 Å². The van der Waals surface area contributed by atoms with Gasteiger partial charge >= 0.3 is 0 Å². The van der Waals surface area contributed by atoms with Gasteiger partial charge in [-0.3, -0.25) is 0 Å². The number of fused-ring (bicyclic) bond motifs is 7. The minimum Gasteiger partial charge on any atom is -0.458 e. The third-order valence-corrected chi connectivity index (χ3v) is 34.1. The van der Waals surface area contributed by atoms with Crippen LogP contribution in [0.5, 0.6) is 11.5 Å². The van der Waals surface area contributed by atoms with Crippen molar-refractivity contribution in [3.05, 3.63) is 430 Å². The summed E-state index contributed by atoms with van der Waals surface area (Å²) in [5.74, 6) is 1.67. The Hall–Kier alpha value is -13.4. The molecule has 0 fully saturated rings. The summed E-state index contributed by atoms with van der Waals surface area (Å²) in [6.07, 6.45) is 0. The summed E-state index contributed by atoms with van der Waals surface area (Å²) < 4.78 is 10.5. The highest BCUT2D eigenvalue weighted by Gasteiger charge is 2.48. The molecule has 0 saturated carbocycles. The molecule has 116 heavy (non-hydrogen) atoms. The Balaban J connectivity index is 0.940. The lowest BCUT2D eigenvalue weighted by atomic mass is 9.34. The van der Waals surface area contributed by atoms with Crippen LogP contribution in [0.15, 0.2) is 419 Å². The van der Waals surface area contributed by atoms with Crippen molar-refractivity contribution in [1.29, 1.82) is 0 Å². The van der Waals surface area contributed by atoms with E-state index in [1.165, 1.54) is 102 Å². The summed E-state index contributed by atoms with van der Waals surface area (Å²) in [7, 11) is -7.04. The zero-order valence-electron chi connectivity index (χ0n) is 66.2. The fourth-order valence-corrected chi connectivity index (χ4v) is 28.8. The number of aromatic nitrogens is 1. The minimum absolute atomic E-state index is 0.101. The van der Waals surface area contributed by atoms with E-state index in [4.69, 9.17) is 4.74 Å². The van der Waals surface area contributed by atoms with Crippen LogP contribution in [0.2, 0.25) is 0 Å². The Morgan fingerprint density at radius 3 is 1.09 bits per heavy atom. The van der Waals surface area contributed by atoms with Crippen molar-refractivity contribution in [2.45, 2.75) is 52.4 Å². The number of para-hydroxylation sites is 1. The molecule has 3 heterocycles. The molecule has 2 aliphatic heterocycles. The number of ether oxygens (including phenoxy) is 1. The van der Waals surface area contributed by atoms with Crippen molar-refractivity contribution in [2.75, 3.05) is 4.90 Å². The molecule has 0 spiro atoms. The maximum absolute atomic E-state index is 7.93. The zero-order valence-corrected chi connectivity index (χ0v) is 68.2. The normalized spacial score (nSPS) is 12.6. The van der Waals surface area contributed by atoms with Gasteiger partial charge in [-0.1, -0.05) is 412 Å². The van der Waals surface area contributed by atoms with Crippen LogP contribution in [0.25, 0.3) is 83.1 Å². The summed E-state index contributed by atoms with van der Waals surface area (Å²) in [4.78, 5) is 2.62. The van der Waals surface area contributed by atoms with Crippen LogP contribution in [0, 0.1) is 0 Å². The van der Waals surface area contributed by atoms with Gasteiger partial charge in [-0.05, 0) is 178 Å². The molecule has 20 rings (SSSR count). The number of hydrogen-bond donors (Lipinski definition) is 0. The molecule has 17 aromatic carbocycles. The van der Waals surface area contributed by atoms with Gasteiger partial charge in [0.1, 0.15) is 11.5 Å². The lowest BCUT2D eigenvalue weighted by Crippen LogP contribution is -2.78. The first-order valence-corrected chi connectivity index (χ1v) is 44.7. The van der Waals surface area contributed by atoms with Gasteiger partial charge in [0, 0.05) is 33.4 Å². The summed E-state index contributed by atoms with van der Waals surface area (Å²) in [5, 5.41) is 12.8. The second-order valence-electron chi connectivity index (χ2n) is 33.5. The number of nitrogens with zero attached hydrogens (tertiary/aromatic N) is 2. The van der Waals surface area contributed by atoms with Crippen LogP contribution < -0.4 is 67.5 Å². The summed E-state index contributed by atoms with van der Waals surface area (Å²) in [6.45, 7) is 13.7. The smallest absolute Gasteiger partial charge is 0.256 e. The van der Waals surface area contributed by atoms with Gasteiger partial charge in [0.25, 0.3) is 6.71 Å². The molecule has 0 radical (unpaired) electrons. The average Bonchev–Trinajstić information content (AvgIpc) is 0.767. The summed E-state index contributed by atoms with van der Waals surface area (Å²) in [6, 6.07) is 160. The van der Waals surface area contributed by atoms with E-state index in [0.717, 1.165) is 78.6 Å². The molecular weight excluding hydrogens is 1430 g/mol. The van der Waals surface area contributed by atoms with E-state index in [-0.39, 0.29) is 17.5 Å². The Kier molecular flexibility index (Phi) is 17.9. The molecule has 0 N–H and O–H groups in total. The number of hydrogen-bond acceptors (Lipinski definition) is 2. The SMILES string of the molecule is CC(C)(C)c1ccc2c3ccc(C(C)(C)C)cc3n(-c3ccc4c(c3)N(c3ccccc3-c3ccccc3)c3cc(-c5cc([Si](c6ccccc6)(c6ccccc6)c6cccc(-c7ccccc7)c6)cc([Si](c6ccccc6)(c6ccccc6)c6cccc(-c7ccccc7)c6)c5)cc5c3B4c3ccc(-c4ccccc4)cc3O5)c2c1. The third kappa shape index (κ3) is 12.2. The lowest BCUT2D eigenvalue weighted by Gasteiger charge is -2.41. The van der Waals surface area contributed by atoms with Crippen molar-refractivity contribution in [3.8, 4) is 72.8 Å². The molecule has 0 bridgehead atoms. The van der Waals surface area contributed by atoms with Gasteiger partial charge in [0.15, 0.2) is 16.1 Å². The Labute approximate surface area is 683 Å². The molecule has 2 aliphatic rings. The minimum atomic E-state index is -3.52. The highest BCUT2D eigenvalue weighted by Crippen LogP contribution is 2.48. The van der Waals surface area contributed by atoms with Gasteiger partial charge in [0.05, 0.1) is 16.7 Å². The quantitative estimate of drug-likeness (QED) is 0.0752. The van der Waals surface area contributed by atoms with E-state index in [1.54, 1.807) is 0 Å². The molecule has 1 aromatic heterocycles. The molecule has 554 valence electrons. The topological polar surface area (TPSA) is 17.4 Å². The monoisotopic (exact) mass is 1520 g/mol. The van der Waals surface area contributed by atoms with Crippen molar-refractivity contribution in [2.24, 2.45) is 0 Å². The fraction of sp³-hybridized carbons (Fsp3) is 0.0727. The van der Waals surface area contributed by atoms with Crippen LogP contribution in [0.4, 0.5) is 17.1 Å². The van der Waals surface area contributed by atoms with Gasteiger partial charge in [-0.15, -0.1) is 0 Å². The molecule has 0 aliphatic carbocycles. The number of anilines is 3. The molecule has 0 amide bonds. The molecule has 0 unspecified atom stereocenters. The van der Waals surface area contributed by atoms with Crippen molar-refractivity contribution in [3.63, 3.8) is 0 Å². The first kappa shape index (κ1) is 71.7. The van der Waals surface area contributed by atoms with Crippen molar-refractivity contribution >= 4 is 120 Å². The average molecular weight is 1520 g/mol. The van der Waals surface area contributed by atoms with E-state index in [9.17, 15) is 0 Å². The van der Waals surface area contributed by atoms with Crippen LogP contribution in [-0.4, -0.2) is 27.4 Å². The van der Waals surface area contributed by atoms with Crippen LogP contribution in [0.3, 0.4) is 0 Å². The summed E-state index contributed by atoms with van der Waals surface area (Å²) >= 11 is 0. The maximum Gasteiger partial charge on any atom is 0.256 e. The van der Waals surface area contributed by atoms with Crippen LogP contribution >= 0.6 is 0 Å². The second kappa shape index (κ2) is 28.9. The highest BCUT2D eigenvalue weighted by molar-refractivity contribution is 7.22. The van der Waals surface area contributed by atoms with E-state index in [0.29, 0.717) is 0 Å². The number of benzene rings is 17. The number of rotatable bonds is 15. The van der Waals surface area contributed by atoms with Gasteiger partial charge < -0.3 is 14.2 Å². The molecule has 6 heteroatoms. The Bertz CT molecular complexity index is 6400. The molecule has 18 aromatic rings. The maximum atomic E-state index is 7.93. The summed E-state index contributed by atoms with van der Waals surface area (Å²) in [5.41, 5.74) is 23.8. The van der Waals surface area contributed by atoms with Gasteiger partial charge in [0.2, 0.25) is 0 Å². The fourth-order valence-electron chi connectivity index (χ4n) is 19.0. The molecule has 3 nitrogen and oxygen atoms in total. The third-order valence-electron chi connectivity index (χ3n) is 24.6. The largest absolute Gasteiger partial charge is 0.458 e. The van der Waals surface area contributed by atoms with Crippen LogP contribution in [0.1, 0.15) is 52.7 Å².